The minimum absolute atomic E-state index is 0.00989. The van der Waals surface area contributed by atoms with E-state index >= 15 is 0 Å². The molecule has 1 aromatic carbocycles. The van der Waals surface area contributed by atoms with Crippen molar-refractivity contribution in [3.8, 4) is 11.3 Å². The van der Waals surface area contributed by atoms with E-state index in [2.05, 4.69) is 25.9 Å². The van der Waals surface area contributed by atoms with Gasteiger partial charge in [-0.1, -0.05) is 22.0 Å². The molecule has 0 bridgehead atoms. The first-order valence-electron chi connectivity index (χ1n) is 9.34. The van der Waals surface area contributed by atoms with Crippen LogP contribution in [0.25, 0.3) is 11.3 Å². The lowest BCUT2D eigenvalue weighted by atomic mass is 9.96. The Balaban J connectivity index is 1.66. The molecule has 29 heavy (non-hydrogen) atoms. The van der Waals surface area contributed by atoms with Crippen LogP contribution in [0.2, 0.25) is 0 Å². The molecule has 5 nitrogen and oxygen atoms in total. The maximum absolute atomic E-state index is 12.9. The summed E-state index contributed by atoms with van der Waals surface area (Å²) >= 11 is 3.00. The van der Waals surface area contributed by atoms with Gasteiger partial charge in [-0.25, -0.2) is 9.78 Å². The SMILES string of the molecule is CC(C)(C)OC(=O)N1CCC(c2ncc(-c3ccc(C(F)(F)F)c(Br)c3)[nH]2)CC1. The Morgan fingerprint density at radius 1 is 1.24 bits per heavy atom. The number of hydrogen-bond acceptors (Lipinski definition) is 3. The van der Waals surface area contributed by atoms with Crippen molar-refractivity contribution in [2.45, 2.75) is 51.3 Å². The lowest BCUT2D eigenvalue weighted by Gasteiger charge is -2.32. The van der Waals surface area contributed by atoms with Gasteiger partial charge >= 0.3 is 12.3 Å². The van der Waals surface area contributed by atoms with Crippen molar-refractivity contribution < 1.29 is 22.7 Å². The van der Waals surface area contributed by atoms with Gasteiger partial charge in [0.2, 0.25) is 0 Å². The fourth-order valence-electron chi connectivity index (χ4n) is 3.27. The molecule has 1 amide bonds. The van der Waals surface area contributed by atoms with Crippen molar-refractivity contribution in [2.75, 3.05) is 13.1 Å². The highest BCUT2D eigenvalue weighted by atomic mass is 79.9. The lowest BCUT2D eigenvalue weighted by molar-refractivity contribution is -0.138. The number of amides is 1. The normalized spacial score (nSPS) is 16.2. The maximum Gasteiger partial charge on any atom is 0.417 e. The van der Waals surface area contributed by atoms with Gasteiger partial charge in [-0.2, -0.15) is 13.2 Å². The number of aromatic nitrogens is 2. The fourth-order valence-corrected chi connectivity index (χ4v) is 3.87. The number of imidazole rings is 1. The van der Waals surface area contributed by atoms with Gasteiger partial charge in [0, 0.05) is 29.0 Å². The Morgan fingerprint density at radius 3 is 2.45 bits per heavy atom. The van der Waals surface area contributed by atoms with E-state index in [1.165, 1.54) is 12.1 Å². The number of benzene rings is 1. The Bertz CT molecular complexity index is 882. The fraction of sp³-hybridized carbons (Fsp3) is 0.500. The molecule has 2 aromatic rings. The largest absolute Gasteiger partial charge is 0.444 e. The second-order valence-electron chi connectivity index (χ2n) is 8.12. The van der Waals surface area contributed by atoms with Gasteiger partial charge in [0.15, 0.2) is 0 Å². The molecular formula is C20H23BrF3N3O2. The van der Waals surface area contributed by atoms with Crippen molar-refractivity contribution >= 4 is 22.0 Å². The number of alkyl halides is 3. The maximum atomic E-state index is 12.9. The molecule has 1 aromatic heterocycles. The number of carbonyl (C=O) groups excluding carboxylic acids is 1. The zero-order valence-corrected chi connectivity index (χ0v) is 18.0. The van der Waals surface area contributed by atoms with E-state index in [1.807, 2.05) is 20.8 Å². The summed E-state index contributed by atoms with van der Waals surface area (Å²) in [5.41, 5.74) is 0.0362. The van der Waals surface area contributed by atoms with E-state index in [4.69, 9.17) is 4.74 Å². The third-order valence-electron chi connectivity index (χ3n) is 4.71. The molecule has 0 spiro atoms. The second kappa shape index (κ2) is 8.01. The summed E-state index contributed by atoms with van der Waals surface area (Å²) in [6.07, 6.45) is -1.61. The molecule has 1 fully saturated rings. The number of nitrogens with zero attached hydrogens (tertiary/aromatic N) is 2. The molecular weight excluding hydrogens is 451 g/mol. The van der Waals surface area contributed by atoms with Crippen molar-refractivity contribution in [1.29, 1.82) is 0 Å². The lowest BCUT2D eigenvalue weighted by Crippen LogP contribution is -2.41. The molecule has 0 unspecified atom stereocenters. The highest BCUT2D eigenvalue weighted by molar-refractivity contribution is 9.10. The number of piperidine rings is 1. The summed E-state index contributed by atoms with van der Waals surface area (Å²) in [5, 5.41) is 0. The average molecular weight is 474 g/mol. The van der Waals surface area contributed by atoms with Crippen LogP contribution in [-0.2, 0) is 10.9 Å². The van der Waals surface area contributed by atoms with Crippen LogP contribution in [-0.4, -0.2) is 39.7 Å². The van der Waals surface area contributed by atoms with Gasteiger partial charge in [0.25, 0.3) is 0 Å². The molecule has 0 aliphatic carbocycles. The van der Waals surface area contributed by atoms with E-state index < -0.39 is 17.3 Å². The first-order valence-corrected chi connectivity index (χ1v) is 10.1. The Morgan fingerprint density at radius 2 is 1.90 bits per heavy atom. The van der Waals surface area contributed by atoms with Crippen molar-refractivity contribution in [1.82, 2.24) is 14.9 Å². The number of likely N-dealkylation sites (tertiary alicyclic amines) is 1. The van der Waals surface area contributed by atoms with Crippen molar-refractivity contribution in [2.24, 2.45) is 0 Å². The highest BCUT2D eigenvalue weighted by Crippen LogP contribution is 2.37. The summed E-state index contributed by atoms with van der Waals surface area (Å²) < 4.78 is 44.2. The van der Waals surface area contributed by atoms with Crippen LogP contribution in [0.5, 0.6) is 0 Å². The molecule has 1 N–H and O–H groups in total. The van der Waals surface area contributed by atoms with Crippen LogP contribution in [0, 0.1) is 0 Å². The van der Waals surface area contributed by atoms with E-state index in [1.54, 1.807) is 11.1 Å². The Hall–Kier alpha value is -2.03. The van der Waals surface area contributed by atoms with Crippen molar-refractivity contribution in [3.05, 3.63) is 40.3 Å². The molecule has 0 atom stereocenters. The molecule has 1 saturated heterocycles. The predicted octanol–water partition coefficient (Wildman–Crippen LogP) is 5.97. The van der Waals surface area contributed by atoms with Gasteiger partial charge in [-0.15, -0.1) is 0 Å². The van der Waals surface area contributed by atoms with Gasteiger partial charge in [0.05, 0.1) is 17.5 Å². The molecule has 0 saturated carbocycles. The van der Waals surface area contributed by atoms with Crippen LogP contribution < -0.4 is 0 Å². The number of rotatable bonds is 2. The standard InChI is InChI=1S/C20H23BrF3N3O2/c1-19(2,3)29-18(28)27-8-6-12(7-9-27)17-25-11-16(26-17)13-4-5-14(15(21)10-13)20(22,23)24/h4-5,10-12H,6-9H2,1-3H3,(H,25,26). The number of carbonyl (C=O) groups is 1. The Labute approximate surface area is 175 Å². The number of ether oxygens (including phenoxy) is 1. The van der Waals surface area contributed by atoms with Gasteiger partial charge in [-0.3, -0.25) is 0 Å². The zero-order chi connectivity index (χ0) is 21.4. The van der Waals surface area contributed by atoms with Crippen LogP contribution in [0.15, 0.2) is 28.9 Å². The van der Waals surface area contributed by atoms with Gasteiger partial charge in [-0.05, 0) is 45.7 Å². The summed E-state index contributed by atoms with van der Waals surface area (Å²) in [4.78, 5) is 21.5. The van der Waals surface area contributed by atoms with E-state index in [-0.39, 0.29) is 16.5 Å². The topological polar surface area (TPSA) is 58.2 Å². The summed E-state index contributed by atoms with van der Waals surface area (Å²) in [6, 6.07) is 3.92. The third kappa shape index (κ3) is 5.32. The summed E-state index contributed by atoms with van der Waals surface area (Å²) in [5.74, 6) is 0.931. The molecule has 1 aliphatic rings. The Kier molecular flexibility index (Phi) is 5.98. The first-order chi connectivity index (χ1) is 13.4. The van der Waals surface area contributed by atoms with Gasteiger partial charge < -0.3 is 14.6 Å². The smallest absolute Gasteiger partial charge is 0.417 e. The zero-order valence-electron chi connectivity index (χ0n) is 16.4. The van der Waals surface area contributed by atoms with Crippen LogP contribution in [0.1, 0.15) is 50.9 Å². The number of aromatic amines is 1. The molecule has 9 heteroatoms. The number of nitrogens with one attached hydrogen (secondary N) is 1. The molecule has 2 heterocycles. The van der Waals surface area contributed by atoms with Crippen molar-refractivity contribution in [3.63, 3.8) is 0 Å². The number of H-pyrrole nitrogens is 1. The minimum Gasteiger partial charge on any atom is -0.444 e. The molecule has 3 rings (SSSR count). The van der Waals surface area contributed by atoms with Crippen LogP contribution in [0.3, 0.4) is 0 Å². The average Bonchev–Trinajstić information content (AvgIpc) is 3.09. The first kappa shape index (κ1) is 21.7. The summed E-state index contributed by atoms with van der Waals surface area (Å²) in [7, 11) is 0. The third-order valence-corrected chi connectivity index (χ3v) is 5.37. The van der Waals surface area contributed by atoms with E-state index in [0.717, 1.165) is 24.7 Å². The minimum atomic E-state index is -4.40. The second-order valence-corrected chi connectivity index (χ2v) is 8.97. The van der Waals surface area contributed by atoms with Crippen LogP contribution in [0.4, 0.5) is 18.0 Å². The van der Waals surface area contributed by atoms with Gasteiger partial charge in [0.1, 0.15) is 11.4 Å². The van der Waals surface area contributed by atoms with E-state index in [0.29, 0.717) is 24.3 Å². The number of hydrogen-bond donors (Lipinski definition) is 1. The number of halogens is 4. The molecule has 1 aliphatic heterocycles. The quantitative estimate of drug-likeness (QED) is 0.584. The highest BCUT2D eigenvalue weighted by Gasteiger charge is 2.33. The monoisotopic (exact) mass is 473 g/mol. The predicted molar refractivity (Wildman–Crippen MR) is 107 cm³/mol. The molecule has 0 radical (unpaired) electrons. The summed E-state index contributed by atoms with van der Waals surface area (Å²) in [6.45, 7) is 6.65. The molecule has 158 valence electrons. The van der Waals surface area contributed by atoms with E-state index in [9.17, 15) is 18.0 Å². The van der Waals surface area contributed by atoms with Crippen LogP contribution >= 0.6 is 15.9 Å².